The highest BCUT2D eigenvalue weighted by Crippen LogP contribution is 2.38. The van der Waals surface area contributed by atoms with Gasteiger partial charge in [-0.3, -0.25) is 9.48 Å². The van der Waals surface area contributed by atoms with E-state index in [9.17, 15) is 15.0 Å². The number of nitrogens with two attached hydrogens (primary N) is 1. The van der Waals surface area contributed by atoms with E-state index in [1.807, 2.05) is 6.07 Å². The van der Waals surface area contributed by atoms with Gasteiger partial charge in [-0.2, -0.15) is 5.10 Å². The lowest BCUT2D eigenvalue weighted by Crippen LogP contribution is -2.39. The van der Waals surface area contributed by atoms with Crippen molar-refractivity contribution >= 4 is 34.3 Å². The van der Waals surface area contributed by atoms with Crippen LogP contribution >= 0.6 is 0 Å². The third-order valence-electron chi connectivity index (χ3n) is 6.88. The number of ether oxygens (including phenoxy) is 1. The second-order valence-corrected chi connectivity index (χ2v) is 9.40. The highest BCUT2D eigenvalue weighted by molar-refractivity contribution is 6.00. The minimum absolute atomic E-state index is 0.232. The topological polar surface area (TPSA) is 178 Å². The number of anilines is 3. The maximum Gasteiger partial charge on any atom is 0.256 e. The van der Waals surface area contributed by atoms with E-state index in [-0.39, 0.29) is 5.82 Å². The fourth-order valence-electron chi connectivity index (χ4n) is 4.72. The van der Waals surface area contributed by atoms with Crippen LogP contribution in [0.3, 0.4) is 0 Å². The number of nitrogens with zero attached hydrogens (tertiary/aromatic N) is 6. The number of nitrogens with one attached hydrogen (secondary N) is 2. The first-order valence-corrected chi connectivity index (χ1v) is 12.0. The van der Waals surface area contributed by atoms with Gasteiger partial charge in [-0.15, -0.1) is 0 Å². The summed E-state index contributed by atoms with van der Waals surface area (Å²) in [4.78, 5) is 25.8. The molecule has 0 aromatic carbocycles. The van der Waals surface area contributed by atoms with Crippen LogP contribution in [0.15, 0.2) is 43.1 Å². The molecule has 1 amide bonds. The summed E-state index contributed by atoms with van der Waals surface area (Å²) in [5.74, 6) is 0.299. The molecule has 0 bridgehead atoms. The van der Waals surface area contributed by atoms with Crippen molar-refractivity contribution in [3.05, 3.63) is 43.1 Å². The first kappa shape index (κ1) is 23.3. The van der Waals surface area contributed by atoms with Crippen LogP contribution in [0.25, 0.3) is 22.3 Å². The van der Waals surface area contributed by atoms with Gasteiger partial charge >= 0.3 is 0 Å². The third kappa shape index (κ3) is 4.16. The second kappa shape index (κ2) is 9.10. The molecule has 1 aliphatic carbocycles. The molecule has 2 fully saturated rings. The van der Waals surface area contributed by atoms with Crippen molar-refractivity contribution in [1.29, 1.82) is 0 Å². The Morgan fingerprint density at radius 2 is 2.03 bits per heavy atom. The molecule has 1 aliphatic heterocycles. The summed E-state index contributed by atoms with van der Waals surface area (Å²) < 4.78 is 9.12. The Morgan fingerprint density at radius 3 is 2.76 bits per heavy atom. The predicted molar refractivity (Wildman–Crippen MR) is 134 cm³/mol. The van der Waals surface area contributed by atoms with Crippen LogP contribution in [0, 0.1) is 0 Å². The molecule has 192 valence electrons. The van der Waals surface area contributed by atoms with Crippen LogP contribution in [-0.2, 0) is 16.6 Å². The molecule has 0 unspecified atom stereocenters. The number of hydrogen-bond donors (Lipinski definition) is 5. The lowest BCUT2D eigenvalue weighted by Gasteiger charge is -2.27. The second-order valence-electron chi connectivity index (χ2n) is 9.40. The number of aliphatic hydroxyl groups excluding tert-OH is 2. The third-order valence-corrected chi connectivity index (χ3v) is 6.88. The predicted octanol–water partition coefficient (Wildman–Crippen LogP) is 1.03. The van der Waals surface area contributed by atoms with E-state index >= 15 is 0 Å². The van der Waals surface area contributed by atoms with Gasteiger partial charge < -0.3 is 35.9 Å². The Hall–Kier alpha value is -4.07. The van der Waals surface area contributed by atoms with Gasteiger partial charge in [-0.1, -0.05) is 0 Å². The summed E-state index contributed by atoms with van der Waals surface area (Å²) in [6.45, 7) is 0. The van der Waals surface area contributed by atoms with E-state index < -0.39 is 30.4 Å². The summed E-state index contributed by atoms with van der Waals surface area (Å²) in [7, 11) is 1.79. The smallest absolute Gasteiger partial charge is 0.256 e. The molecule has 1 saturated heterocycles. The van der Waals surface area contributed by atoms with Gasteiger partial charge in [0.15, 0.2) is 12.3 Å². The highest BCUT2D eigenvalue weighted by atomic mass is 16.6. The zero-order chi connectivity index (χ0) is 25.7. The zero-order valence-corrected chi connectivity index (χ0v) is 20.0. The summed E-state index contributed by atoms with van der Waals surface area (Å²) >= 11 is 0. The van der Waals surface area contributed by atoms with Crippen molar-refractivity contribution in [2.75, 3.05) is 16.4 Å². The number of nitrogen functional groups attached to an aromatic ring is 1. The number of aliphatic hydroxyl groups is 2. The minimum Gasteiger partial charge on any atom is -0.387 e. The average molecular weight is 506 g/mol. The first-order chi connectivity index (χ1) is 17.9. The molecule has 1 saturated carbocycles. The number of carbonyl (C=O) groups is 1. The van der Waals surface area contributed by atoms with E-state index in [0.29, 0.717) is 39.8 Å². The number of carbonyl (C=O) groups excluding carboxylic acids is 1. The van der Waals surface area contributed by atoms with Crippen molar-refractivity contribution in [3.63, 3.8) is 0 Å². The highest BCUT2D eigenvalue weighted by Gasteiger charge is 2.48. The standard InChI is InChI=1S/C24H27N9O4/c1-32-8-6-15(31-32)14-10-33(22-17(14)21(25)27-11-28-22)24-19(35)18(34)20(37-24)23(36)30-13-5-7-26-16(9-13)29-12-3-2-4-12/h5-12,18-20,24,34-35H,2-4H2,1H3,(H2,25,27,28)(H2,26,29,30,36)/t18-,19+,20-,24+/m0/s1. The molecule has 0 radical (unpaired) electrons. The van der Waals surface area contributed by atoms with E-state index in [2.05, 4.69) is 30.7 Å². The molecule has 4 aromatic heterocycles. The average Bonchev–Trinajstić information content (AvgIpc) is 3.53. The van der Waals surface area contributed by atoms with Gasteiger partial charge in [0.25, 0.3) is 5.91 Å². The van der Waals surface area contributed by atoms with Crippen molar-refractivity contribution in [1.82, 2.24) is 29.3 Å². The molecular weight excluding hydrogens is 478 g/mol. The number of aromatic nitrogens is 6. The first-order valence-electron chi connectivity index (χ1n) is 12.0. The molecule has 0 spiro atoms. The van der Waals surface area contributed by atoms with Gasteiger partial charge in [0.2, 0.25) is 0 Å². The van der Waals surface area contributed by atoms with Crippen LogP contribution in [0.5, 0.6) is 0 Å². The van der Waals surface area contributed by atoms with E-state index in [0.717, 1.165) is 12.8 Å². The lowest BCUT2D eigenvalue weighted by molar-refractivity contribution is -0.132. The zero-order valence-electron chi connectivity index (χ0n) is 20.0. The number of hydrogen-bond acceptors (Lipinski definition) is 10. The summed E-state index contributed by atoms with van der Waals surface area (Å²) in [5.41, 5.74) is 8.30. The van der Waals surface area contributed by atoms with Gasteiger partial charge in [-0.05, 0) is 31.4 Å². The van der Waals surface area contributed by atoms with Crippen molar-refractivity contribution < 1.29 is 19.7 Å². The Kier molecular flexibility index (Phi) is 5.74. The van der Waals surface area contributed by atoms with Crippen LogP contribution in [0.4, 0.5) is 17.3 Å². The Morgan fingerprint density at radius 1 is 1.19 bits per heavy atom. The van der Waals surface area contributed by atoms with Crippen LogP contribution in [0.1, 0.15) is 25.5 Å². The molecule has 6 rings (SSSR count). The molecule has 13 nitrogen and oxygen atoms in total. The lowest BCUT2D eigenvalue weighted by atomic mass is 9.93. The van der Waals surface area contributed by atoms with Crippen LogP contribution in [-0.4, -0.2) is 69.8 Å². The summed E-state index contributed by atoms with van der Waals surface area (Å²) in [5, 5.41) is 32.7. The van der Waals surface area contributed by atoms with Gasteiger partial charge in [-0.25, -0.2) is 15.0 Å². The van der Waals surface area contributed by atoms with Crippen LogP contribution in [0.2, 0.25) is 0 Å². The maximum atomic E-state index is 13.1. The fourth-order valence-corrected chi connectivity index (χ4v) is 4.72. The molecule has 6 N–H and O–H groups in total. The quantitative estimate of drug-likeness (QED) is 0.254. The number of fused-ring (bicyclic) bond motifs is 1. The Balaban J connectivity index is 1.26. The summed E-state index contributed by atoms with van der Waals surface area (Å²) in [6.07, 6.45) is 4.41. The molecule has 2 aliphatic rings. The van der Waals surface area contributed by atoms with Gasteiger partial charge in [0, 0.05) is 49.0 Å². The van der Waals surface area contributed by atoms with Gasteiger partial charge in [0.1, 0.15) is 35.8 Å². The fraction of sp³-hybridized carbons (Fsp3) is 0.375. The SMILES string of the molecule is Cn1ccc(-c2cn([C@@H]3O[C@H](C(=O)Nc4ccnc(NC5CCC5)c4)[C@@H](O)[C@H]3O)c3ncnc(N)c23)n1. The number of amides is 1. The van der Waals surface area contributed by atoms with Crippen LogP contribution < -0.4 is 16.4 Å². The Bertz CT molecular complexity index is 1460. The van der Waals surface area contributed by atoms with E-state index in [1.54, 1.807) is 47.0 Å². The molecule has 37 heavy (non-hydrogen) atoms. The number of pyridine rings is 1. The molecule has 4 aromatic rings. The molecule has 4 atom stereocenters. The molecule has 13 heteroatoms. The monoisotopic (exact) mass is 505 g/mol. The molecular formula is C24H27N9O4. The maximum absolute atomic E-state index is 13.1. The Labute approximate surface area is 211 Å². The number of rotatable bonds is 6. The van der Waals surface area contributed by atoms with E-state index in [1.165, 1.54) is 12.7 Å². The van der Waals surface area contributed by atoms with Gasteiger partial charge in [0.05, 0.1) is 11.1 Å². The molecule has 5 heterocycles. The summed E-state index contributed by atoms with van der Waals surface area (Å²) in [6, 6.07) is 5.58. The normalized spacial score (nSPS) is 23.8. The van der Waals surface area contributed by atoms with Crippen molar-refractivity contribution in [2.45, 2.75) is 49.8 Å². The van der Waals surface area contributed by atoms with Crippen molar-refractivity contribution in [3.8, 4) is 11.3 Å². The largest absolute Gasteiger partial charge is 0.387 e. The van der Waals surface area contributed by atoms with Crippen molar-refractivity contribution in [2.24, 2.45) is 7.05 Å². The minimum atomic E-state index is -1.48. The number of aryl methyl sites for hydroxylation is 1. The van der Waals surface area contributed by atoms with E-state index in [4.69, 9.17) is 10.5 Å².